The van der Waals surface area contributed by atoms with Crippen LogP contribution in [0.1, 0.15) is 36.9 Å². The SMILES string of the molecule is CC(C)(C)c1ccccc1OCC(O)COc1ccc2c(=O)cc(C(=O)O)oc2c1. The highest BCUT2D eigenvalue weighted by Crippen LogP contribution is 2.31. The number of ether oxygens (including phenoxy) is 2. The van der Waals surface area contributed by atoms with Gasteiger partial charge in [-0.2, -0.15) is 0 Å². The van der Waals surface area contributed by atoms with Gasteiger partial charge in [0, 0.05) is 12.1 Å². The van der Waals surface area contributed by atoms with Gasteiger partial charge >= 0.3 is 5.97 Å². The molecule has 7 nitrogen and oxygen atoms in total. The van der Waals surface area contributed by atoms with Gasteiger partial charge in [-0.15, -0.1) is 0 Å². The van der Waals surface area contributed by atoms with Crippen LogP contribution >= 0.6 is 0 Å². The van der Waals surface area contributed by atoms with Gasteiger partial charge in [-0.05, 0) is 29.2 Å². The number of benzene rings is 2. The van der Waals surface area contributed by atoms with Gasteiger partial charge in [0.15, 0.2) is 5.43 Å². The Bertz CT molecular complexity index is 1110. The number of carboxylic acids is 1. The molecule has 3 rings (SSSR count). The standard InChI is InChI=1S/C23H24O7/c1-23(2,3)17-6-4-5-7-19(17)29-13-14(24)12-28-15-8-9-16-18(25)11-21(22(26)27)30-20(16)10-15/h4-11,14,24H,12-13H2,1-3H3,(H,26,27). The number of aromatic carboxylic acids is 1. The van der Waals surface area contributed by atoms with E-state index in [1.54, 1.807) is 6.07 Å². The fourth-order valence-electron chi connectivity index (χ4n) is 2.97. The molecule has 0 aliphatic heterocycles. The van der Waals surface area contributed by atoms with Crippen LogP contribution in [0.15, 0.2) is 57.7 Å². The van der Waals surface area contributed by atoms with Crippen LogP contribution < -0.4 is 14.9 Å². The predicted octanol–water partition coefficient (Wildman–Crippen LogP) is 3.61. The minimum absolute atomic E-state index is 0.0406. The normalized spacial score (nSPS) is 12.5. The maximum Gasteiger partial charge on any atom is 0.371 e. The van der Waals surface area contributed by atoms with Gasteiger partial charge in [0.25, 0.3) is 0 Å². The monoisotopic (exact) mass is 412 g/mol. The Morgan fingerprint density at radius 3 is 2.47 bits per heavy atom. The summed E-state index contributed by atoms with van der Waals surface area (Å²) in [5.41, 5.74) is 0.590. The molecule has 30 heavy (non-hydrogen) atoms. The Morgan fingerprint density at radius 1 is 1.07 bits per heavy atom. The molecule has 2 N–H and O–H groups in total. The first kappa shape index (κ1) is 21.4. The average molecular weight is 412 g/mol. The molecule has 158 valence electrons. The quantitative estimate of drug-likeness (QED) is 0.611. The van der Waals surface area contributed by atoms with E-state index in [0.717, 1.165) is 11.6 Å². The lowest BCUT2D eigenvalue weighted by molar-refractivity contribution is 0.0620. The molecule has 0 bridgehead atoms. The van der Waals surface area contributed by atoms with E-state index in [1.165, 1.54) is 12.1 Å². The number of aliphatic hydroxyl groups is 1. The summed E-state index contributed by atoms with van der Waals surface area (Å²) in [4.78, 5) is 23.0. The van der Waals surface area contributed by atoms with E-state index >= 15 is 0 Å². The first-order valence-corrected chi connectivity index (χ1v) is 9.49. The molecule has 0 aliphatic rings. The van der Waals surface area contributed by atoms with E-state index in [4.69, 9.17) is 19.0 Å². The summed E-state index contributed by atoms with van der Waals surface area (Å²) in [5, 5.41) is 19.5. The van der Waals surface area contributed by atoms with Crippen LogP contribution in [0.3, 0.4) is 0 Å². The molecule has 2 aromatic carbocycles. The van der Waals surface area contributed by atoms with Gasteiger partial charge in [-0.1, -0.05) is 39.0 Å². The van der Waals surface area contributed by atoms with Gasteiger partial charge in [-0.25, -0.2) is 4.79 Å². The number of fused-ring (bicyclic) bond motifs is 1. The van der Waals surface area contributed by atoms with E-state index < -0.39 is 23.3 Å². The lowest BCUT2D eigenvalue weighted by atomic mass is 9.86. The summed E-state index contributed by atoms with van der Waals surface area (Å²) < 4.78 is 16.6. The number of rotatable bonds is 7. The first-order chi connectivity index (χ1) is 14.1. The van der Waals surface area contributed by atoms with Gasteiger partial charge in [0.2, 0.25) is 5.76 Å². The lowest BCUT2D eigenvalue weighted by Crippen LogP contribution is -2.26. The van der Waals surface area contributed by atoms with Crippen LogP contribution in [0.4, 0.5) is 0 Å². The van der Waals surface area contributed by atoms with Gasteiger partial charge in [0.05, 0.1) is 5.39 Å². The molecule has 1 unspecified atom stereocenters. The Hall–Kier alpha value is -3.32. The number of para-hydroxylation sites is 1. The molecule has 1 heterocycles. The fraction of sp³-hybridized carbons (Fsp3) is 0.304. The van der Waals surface area contributed by atoms with Crippen molar-refractivity contribution in [3.8, 4) is 11.5 Å². The molecule has 0 spiro atoms. The average Bonchev–Trinajstić information content (AvgIpc) is 2.69. The Kier molecular flexibility index (Phi) is 6.12. The molecule has 7 heteroatoms. The second-order valence-electron chi connectivity index (χ2n) is 7.96. The van der Waals surface area contributed by atoms with Crippen molar-refractivity contribution in [2.75, 3.05) is 13.2 Å². The lowest BCUT2D eigenvalue weighted by Gasteiger charge is -2.23. The van der Waals surface area contributed by atoms with E-state index in [9.17, 15) is 14.7 Å². The van der Waals surface area contributed by atoms with E-state index in [2.05, 4.69) is 20.8 Å². The van der Waals surface area contributed by atoms with Gasteiger partial charge < -0.3 is 24.1 Å². The van der Waals surface area contributed by atoms with Crippen molar-refractivity contribution in [1.82, 2.24) is 0 Å². The van der Waals surface area contributed by atoms with Gasteiger partial charge in [0.1, 0.15) is 36.4 Å². The summed E-state index contributed by atoms with van der Waals surface area (Å²) in [6, 6.07) is 13.1. The molecule has 0 amide bonds. The number of hydrogen-bond acceptors (Lipinski definition) is 6. The van der Waals surface area contributed by atoms with E-state index in [-0.39, 0.29) is 29.6 Å². The van der Waals surface area contributed by atoms with Crippen LogP contribution in [0.5, 0.6) is 11.5 Å². The fourth-order valence-corrected chi connectivity index (χ4v) is 2.97. The third-order valence-electron chi connectivity index (χ3n) is 4.48. The number of aliphatic hydroxyl groups excluding tert-OH is 1. The first-order valence-electron chi connectivity index (χ1n) is 9.49. The minimum atomic E-state index is -1.33. The largest absolute Gasteiger partial charge is 0.491 e. The zero-order valence-corrected chi connectivity index (χ0v) is 17.0. The van der Waals surface area contributed by atoms with Crippen molar-refractivity contribution in [3.05, 3.63) is 70.1 Å². The summed E-state index contributed by atoms with van der Waals surface area (Å²) in [6.45, 7) is 6.25. The molecule has 0 aliphatic carbocycles. The third-order valence-corrected chi connectivity index (χ3v) is 4.48. The highest BCUT2D eigenvalue weighted by Gasteiger charge is 2.19. The maximum atomic E-state index is 12.0. The third kappa shape index (κ3) is 4.99. The summed E-state index contributed by atoms with van der Waals surface area (Å²) in [5.74, 6) is -0.737. The van der Waals surface area contributed by atoms with Crippen molar-refractivity contribution >= 4 is 16.9 Å². The number of carboxylic acid groups (broad SMARTS) is 1. The zero-order valence-electron chi connectivity index (χ0n) is 17.0. The summed E-state index contributed by atoms with van der Waals surface area (Å²) in [7, 11) is 0. The molecule has 0 saturated heterocycles. The molecule has 1 aromatic heterocycles. The molecule has 1 atom stereocenters. The van der Waals surface area contributed by atoms with E-state index in [1.807, 2.05) is 24.3 Å². The van der Waals surface area contributed by atoms with Crippen LogP contribution in [-0.2, 0) is 5.41 Å². The van der Waals surface area contributed by atoms with E-state index in [0.29, 0.717) is 11.5 Å². The van der Waals surface area contributed by atoms with Crippen LogP contribution in [-0.4, -0.2) is 35.5 Å². The van der Waals surface area contributed by atoms with Crippen molar-refractivity contribution in [2.24, 2.45) is 0 Å². The van der Waals surface area contributed by atoms with Gasteiger partial charge in [-0.3, -0.25) is 4.79 Å². The number of hydrogen-bond donors (Lipinski definition) is 2. The Morgan fingerprint density at radius 2 is 1.77 bits per heavy atom. The summed E-state index contributed by atoms with van der Waals surface area (Å²) >= 11 is 0. The molecular formula is C23H24O7. The van der Waals surface area contributed by atoms with Crippen molar-refractivity contribution in [3.63, 3.8) is 0 Å². The van der Waals surface area contributed by atoms with Crippen molar-refractivity contribution in [2.45, 2.75) is 32.3 Å². The molecular weight excluding hydrogens is 388 g/mol. The van der Waals surface area contributed by atoms with Crippen LogP contribution in [0, 0.1) is 0 Å². The smallest absolute Gasteiger partial charge is 0.371 e. The topological polar surface area (TPSA) is 106 Å². The number of carbonyl (C=O) groups is 1. The Balaban J connectivity index is 1.65. The van der Waals surface area contributed by atoms with Crippen LogP contribution in [0.25, 0.3) is 11.0 Å². The highest BCUT2D eigenvalue weighted by molar-refractivity contribution is 5.87. The minimum Gasteiger partial charge on any atom is -0.491 e. The van der Waals surface area contributed by atoms with Crippen molar-refractivity contribution in [1.29, 1.82) is 0 Å². The zero-order chi connectivity index (χ0) is 21.9. The van der Waals surface area contributed by atoms with Crippen LogP contribution in [0.2, 0.25) is 0 Å². The molecule has 0 saturated carbocycles. The predicted molar refractivity (Wildman–Crippen MR) is 112 cm³/mol. The highest BCUT2D eigenvalue weighted by atomic mass is 16.5. The van der Waals surface area contributed by atoms with Crippen molar-refractivity contribution < 1.29 is 28.9 Å². The molecule has 3 aromatic rings. The second kappa shape index (κ2) is 8.59. The summed E-state index contributed by atoms with van der Waals surface area (Å²) in [6.07, 6.45) is -0.897. The molecule has 0 radical (unpaired) electrons. The second-order valence-corrected chi connectivity index (χ2v) is 7.96. The Labute approximate surface area is 173 Å². The molecule has 0 fully saturated rings. The maximum absolute atomic E-state index is 12.0.